The van der Waals surface area contributed by atoms with Crippen LogP contribution in [-0.2, 0) is 0 Å². The second kappa shape index (κ2) is 1.70. The molecule has 2 unspecified atom stereocenters. The van der Waals surface area contributed by atoms with Gasteiger partial charge >= 0.3 is 0 Å². The van der Waals surface area contributed by atoms with Gasteiger partial charge in [-0.05, 0) is 19.8 Å². The normalized spacial score (nSPS) is 56.0. The molecule has 0 radical (unpaired) electrons. The van der Waals surface area contributed by atoms with E-state index in [9.17, 15) is 0 Å². The van der Waals surface area contributed by atoms with Crippen molar-refractivity contribution in [2.75, 3.05) is 19.6 Å². The molecule has 0 aromatic rings. The summed E-state index contributed by atoms with van der Waals surface area (Å²) in [5.41, 5.74) is 0.0330. The first kappa shape index (κ1) is 3.35. The van der Waals surface area contributed by atoms with Gasteiger partial charge in [0.25, 0.3) is 0 Å². The molecule has 2 aliphatic heterocycles. The molecule has 9 heavy (non-hydrogen) atoms. The summed E-state index contributed by atoms with van der Waals surface area (Å²) in [5, 5.41) is 6.24. The number of rotatable bonds is 0. The highest BCUT2D eigenvalue weighted by molar-refractivity contribution is 5.03. The van der Waals surface area contributed by atoms with E-state index in [-0.39, 0.29) is 11.5 Å². The maximum atomic E-state index is 7.32. The quantitative estimate of drug-likeness (QED) is 0.479. The van der Waals surface area contributed by atoms with E-state index >= 15 is 0 Å². The van der Waals surface area contributed by atoms with Gasteiger partial charge in [-0.3, -0.25) is 0 Å². The van der Waals surface area contributed by atoms with E-state index in [2.05, 4.69) is 10.6 Å². The van der Waals surface area contributed by atoms with Gasteiger partial charge in [-0.25, -0.2) is 0 Å². The first-order chi connectivity index (χ1) is 5.55. The summed E-state index contributed by atoms with van der Waals surface area (Å²) in [6, 6.07) is -0.278. The third-order valence-electron chi connectivity index (χ3n) is 2.55. The Balaban J connectivity index is 2.09. The van der Waals surface area contributed by atoms with Crippen molar-refractivity contribution in [3.05, 3.63) is 0 Å². The Morgan fingerprint density at radius 1 is 1.67 bits per heavy atom. The van der Waals surface area contributed by atoms with E-state index in [0.29, 0.717) is 0 Å². The van der Waals surface area contributed by atoms with Gasteiger partial charge in [-0.2, -0.15) is 0 Å². The highest BCUT2D eigenvalue weighted by atomic mass is 15.1. The van der Waals surface area contributed by atoms with Gasteiger partial charge in [0.15, 0.2) is 0 Å². The first-order valence-electron chi connectivity index (χ1n) is 4.99. The second-order valence-corrected chi connectivity index (χ2v) is 3.10. The molecule has 2 heterocycles. The van der Waals surface area contributed by atoms with Crippen LogP contribution >= 0.6 is 0 Å². The lowest BCUT2D eigenvalue weighted by atomic mass is 9.74. The molecule has 2 aliphatic rings. The molecule has 0 amide bonds. The zero-order valence-electron chi connectivity index (χ0n) is 8.41. The van der Waals surface area contributed by atoms with Crippen LogP contribution in [0.2, 0.25) is 0 Å². The molecule has 2 rings (SSSR count). The van der Waals surface area contributed by atoms with Crippen LogP contribution in [0.25, 0.3) is 0 Å². The molecule has 0 bridgehead atoms. The molecule has 2 N–H and O–H groups in total. The van der Waals surface area contributed by atoms with Crippen LogP contribution in [0.3, 0.4) is 0 Å². The number of hydrogen-bond acceptors (Lipinski definition) is 2. The minimum atomic E-state index is -1.83. The molecular formula is C7H14N2. The summed E-state index contributed by atoms with van der Waals surface area (Å²) in [4.78, 5) is 0. The van der Waals surface area contributed by atoms with E-state index in [1.54, 1.807) is 0 Å². The summed E-state index contributed by atoms with van der Waals surface area (Å²) in [5.74, 6) is 0. The Hall–Kier alpha value is -0.0800. The molecule has 2 heteroatoms. The van der Waals surface area contributed by atoms with Crippen molar-refractivity contribution in [2.45, 2.75) is 19.3 Å². The molecule has 2 saturated heterocycles. The summed E-state index contributed by atoms with van der Waals surface area (Å²) >= 11 is 0. The molecule has 52 valence electrons. The molecule has 1 spiro atoms. The highest BCUT2D eigenvalue weighted by Gasteiger charge is 2.45. The fourth-order valence-electron chi connectivity index (χ4n) is 1.65. The molecule has 2 fully saturated rings. The van der Waals surface area contributed by atoms with Crippen molar-refractivity contribution in [3.63, 3.8) is 0 Å². The van der Waals surface area contributed by atoms with Crippen molar-refractivity contribution in [1.29, 1.82) is 0 Å². The van der Waals surface area contributed by atoms with Gasteiger partial charge in [0, 0.05) is 28.7 Å². The maximum Gasteiger partial charge on any atom is 0.0246 e. The van der Waals surface area contributed by atoms with Crippen LogP contribution in [-0.4, -0.2) is 25.7 Å². The topological polar surface area (TPSA) is 24.1 Å². The third-order valence-corrected chi connectivity index (χ3v) is 2.55. The third kappa shape index (κ3) is 0.634. The Kier molecular flexibility index (Phi) is 0.635. The van der Waals surface area contributed by atoms with E-state index in [0.717, 1.165) is 26.1 Å². The van der Waals surface area contributed by atoms with E-state index in [1.165, 1.54) is 0 Å². The summed E-state index contributed by atoms with van der Waals surface area (Å²) in [6.45, 7) is 0.866. The maximum absolute atomic E-state index is 7.32. The van der Waals surface area contributed by atoms with Gasteiger partial charge in [-0.15, -0.1) is 0 Å². The Labute approximate surface area is 60.2 Å². The second-order valence-electron chi connectivity index (χ2n) is 3.10. The lowest BCUT2D eigenvalue weighted by Gasteiger charge is -2.46. The van der Waals surface area contributed by atoms with Crippen LogP contribution < -0.4 is 10.6 Å². The fourth-order valence-corrected chi connectivity index (χ4v) is 1.65. The largest absolute Gasteiger partial charge is 0.316 e. The zero-order valence-corrected chi connectivity index (χ0v) is 5.41. The van der Waals surface area contributed by atoms with Crippen molar-refractivity contribution < 1.29 is 4.11 Å². The number of hydrogen-bond donors (Lipinski definition) is 2. The van der Waals surface area contributed by atoms with Crippen LogP contribution in [0.1, 0.15) is 17.4 Å². The van der Waals surface area contributed by atoms with E-state index in [4.69, 9.17) is 4.11 Å². The summed E-state index contributed by atoms with van der Waals surface area (Å²) in [7, 11) is 0. The Bertz CT molecular complexity index is 184. The average Bonchev–Trinajstić information content (AvgIpc) is 2.28. The molecule has 0 aliphatic carbocycles. The zero-order chi connectivity index (χ0) is 8.82. The number of nitrogens with one attached hydrogen (secondary N) is 2. The van der Waals surface area contributed by atoms with Crippen LogP contribution in [0.4, 0.5) is 0 Å². The van der Waals surface area contributed by atoms with Gasteiger partial charge in [0.1, 0.15) is 0 Å². The lowest BCUT2D eigenvalue weighted by Crippen LogP contribution is -2.61. The van der Waals surface area contributed by atoms with Gasteiger partial charge in [0.05, 0.1) is 0 Å². The van der Waals surface area contributed by atoms with Crippen molar-refractivity contribution in [1.82, 2.24) is 10.6 Å². The SMILES string of the molecule is [2H]C([2H])([2H])C1NCC12CCNC2. The van der Waals surface area contributed by atoms with Crippen LogP contribution in [0.5, 0.6) is 0 Å². The predicted molar refractivity (Wildman–Crippen MR) is 37.4 cm³/mol. The van der Waals surface area contributed by atoms with Crippen LogP contribution in [0, 0.1) is 5.41 Å². The minimum Gasteiger partial charge on any atom is -0.316 e. The Morgan fingerprint density at radius 2 is 2.67 bits per heavy atom. The molecule has 0 aromatic heterocycles. The lowest BCUT2D eigenvalue weighted by molar-refractivity contribution is 0.119. The monoisotopic (exact) mass is 129 g/mol. The standard InChI is InChI=1S/C7H14N2/c1-6-7(5-9-6)2-3-8-4-7/h6,8-9H,2-5H2,1H3/i1D3. The van der Waals surface area contributed by atoms with Gasteiger partial charge in [-0.1, -0.05) is 0 Å². The molecular weight excluding hydrogens is 112 g/mol. The van der Waals surface area contributed by atoms with Crippen LogP contribution in [0.15, 0.2) is 0 Å². The fraction of sp³-hybridized carbons (Fsp3) is 1.00. The van der Waals surface area contributed by atoms with Crippen molar-refractivity contribution >= 4 is 0 Å². The van der Waals surface area contributed by atoms with E-state index < -0.39 is 6.85 Å². The van der Waals surface area contributed by atoms with Gasteiger partial charge < -0.3 is 10.6 Å². The summed E-state index contributed by atoms with van der Waals surface area (Å²) < 4.78 is 22.0. The highest BCUT2D eigenvalue weighted by Crippen LogP contribution is 2.34. The smallest absolute Gasteiger partial charge is 0.0246 e. The minimum absolute atomic E-state index is 0.0330. The van der Waals surface area contributed by atoms with Crippen molar-refractivity contribution in [3.8, 4) is 0 Å². The first-order valence-corrected chi connectivity index (χ1v) is 3.49. The van der Waals surface area contributed by atoms with Crippen molar-refractivity contribution in [2.24, 2.45) is 5.41 Å². The molecule has 2 nitrogen and oxygen atoms in total. The molecule has 0 aromatic carbocycles. The average molecular weight is 129 g/mol. The molecule has 2 atom stereocenters. The van der Waals surface area contributed by atoms with E-state index in [1.807, 2.05) is 0 Å². The summed E-state index contributed by atoms with van der Waals surface area (Å²) in [6.07, 6.45) is 1.00. The molecule has 0 saturated carbocycles. The van der Waals surface area contributed by atoms with Gasteiger partial charge in [0.2, 0.25) is 0 Å². The predicted octanol–water partition coefficient (Wildman–Crippen LogP) is -0.0422. The Morgan fingerprint density at radius 3 is 3.11 bits per heavy atom.